The zero-order chi connectivity index (χ0) is 16.9. The van der Waals surface area contributed by atoms with E-state index in [1.165, 1.54) is 25.3 Å². The van der Waals surface area contributed by atoms with Gasteiger partial charge in [0.1, 0.15) is 5.60 Å². The van der Waals surface area contributed by atoms with E-state index in [1.807, 2.05) is 0 Å². The average molecular weight is 311 g/mol. The quantitative estimate of drug-likeness (QED) is 0.635. The van der Waals surface area contributed by atoms with Crippen molar-refractivity contribution in [2.24, 2.45) is 5.73 Å². The Labute approximate surface area is 128 Å². The number of hydrogen-bond acceptors (Lipinski definition) is 6. The van der Waals surface area contributed by atoms with Crippen molar-refractivity contribution in [3.63, 3.8) is 0 Å². The summed E-state index contributed by atoms with van der Waals surface area (Å²) in [6.07, 6.45) is -0.611. The molecule has 1 rings (SSSR count). The molecular formula is C14H21N3O5. The smallest absolute Gasteiger partial charge is 0.408 e. The number of carbonyl (C=O) groups is 1. The van der Waals surface area contributed by atoms with Crippen molar-refractivity contribution in [1.82, 2.24) is 5.32 Å². The molecule has 8 nitrogen and oxygen atoms in total. The first-order valence-corrected chi connectivity index (χ1v) is 6.70. The van der Waals surface area contributed by atoms with Crippen molar-refractivity contribution in [2.45, 2.75) is 32.4 Å². The number of carbonyl (C=O) groups excluding carboxylic acids is 1. The van der Waals surface area contributed by atoms with Gasteiger partial charge in [-0.3, -0.25) is 10.1 Å². The number of rotatable bonds is 5. The van der Waals surface area contributed by atoms with Crippen molar-refractivity contribution in [3.05, 3.63) is 33.9 Å². The van der Waals surface area contributed by atoms with Crippen molar-refractivity contribution in [3.8, 4) is 5.75 Å². The van der Waals surface area contributed by atoms with Gasteiger partial charge in [-0.15, -0.1) is 0 Å². The van der Waals surface area contributed by atoms with Crippen LogP contribution in [0.2, 0.25) is 0 Å². The molecule has 0 saturated carbocycles. The van der Waals surface area contributed by atoms with Crippen LogP contribution >= 0.6 is 0 Å². The van der Waals surface area contributed by atoms with Crippen molar-refractivity contribution in [2.75, 3.05) is 13.7 Å². The number of methoxy groups -OCH3 is 1. The second-order valence-electron chi connectivity index (χ2n) is 5.62. The number of hydrogen-bond donors (Lipinski definition) is 2. The van der Waals surface area contributed by atoms with Gasteiger partial charge in [-0.1, -0.05) is 0 Å². The van der Waals surface area contributed by atoms with Crippen LogP contribution in [0.5, 0.6) is 5.75 Å². The number of nitrogens with one attached hydrogen (secondary N) is 1. The minimum Gasteiger partial charge on any atom is -0.490 e. The summed E-state index contributed by atoms with van der Waals surface area (Å²) in [5, 5.41) is 13.5. The van der Waals surface area contributed by atoms with E-state index in [4.69, 9.17) is 15.2 Å². The highest BCUT2D eigenvalue weighted by atomic mass is 16.6. The lowest BCUT2D eigenvalue weighted by Gasteiger charge is -2.23. The van der Waals surface area contributed by atoms with Crippen LogP contribution in [-0.2, 0) is 4.74 Å². The van der Waals surface area contributed by atoms with E-state index in [2.05, 4.69) is 5.32 Å². The van der Waals surface area contributed by atoms with Crippen LogP contribution in [0.1, 0.15) is 32.4 Å². The Balaban J connectivity index is 2.96. The zero-order valence-electron chi connectivity index (χ0n) is 13.1. The summed E-state index contributed by atoms with van der Waals surface area (Å²) in [7, 11) is 1.34. The number of nitrogens with zero attached hydrogens (tertiary/aromatic N) is 1. The molecular weight excluding hydrogens is 290 g/mol. The molecule has 0 aliphatic carbocycles. The van der Waals surface area contributed by atoms with Gasteiger partial charge in [0.25, 0.3) is 0 Å². The van der Waals surface area contributed by atoms with Gasteiger partial charge in [0.2, 0.25) is 0 Å². The lowest BCUT2D eigenvalue weighted by Crippen LogP contribution is -2.37. The summed E-state index contributed by atoms with van der Waals surface area (Å²) in [4.78, 5) is 22.1. The number of nitro benzene ring substituents is 1. The van der Waals surface area contributed by atoms with Gasteiger partial charge in [0, 0.05) is 12.6 Å². The van der Waals surface area contributed by atoms with Crippen LogP contribution in [0, 0.1) is 10.1 Å². The number of benzene rings is 1. The molecule has 0 heterocycles. The summed E-state index contributed by atoms with van der Waals surface area (Å²) in [5.74, 6) is 0.104. The molecule has 1 aromatic rings. The molecule has 1 unspecified atom stereocenters. The zero-order valence-corrected chi connectivity index (χ0v) is 13.1. The molecule has 8 heteroatoms. The lowest BCUT2D eigenvalue weighted by atomic mass is 10.1. The number of nitro groups is 1. The van der Waals surface area contributed by atoms with E-state index in [1.54, 1.807) is 20.8 Å². The predicted octanol–water partition coefficient (Wildman–Crippen LogP) is 2.13. The van der Waals surface area contributed by atoms with Crippen LogP contribution in [0.25, 0.3) is 0 Å². The van der Waals surface area contributed by atoms with E-state index in [-0.39, 0.29) is 18.0 Å². The molecule has 0 spiro atoms. The third-order valence-electron chi connectivity index (χ3n) is 2.73. The Bertz CT molecular complexity index is 554. The third kappa shape index (κ3) is 4.88. The molecule has 1 atom stereocenters. The summed E-state index contributed by atoms with van der Waals surface area (Å²) in [6, 6.07) is 3.78. The maximum atomic E-state index is 11.8. The Morgan fingerprint density at radius 3 is 2.55 bits per heavy atom. The Morgan fingerprint density at radius 1 is 1.45 bits per heavy atom. The van der Waals surface area contributed by atoms with E-state index in [0.29, 0.717) is 5.56 Å². The lowest BCUT2D eigenvalue weighted by molar-refractivity contribution is -0.385. The second-order valence-corrected chi connectivity index (χ2v) is 5.62. The molecule has 0 aromatic heterocycles. The van der Waals surface area contributed by atoms with Gasteiger partial charge < -0.3 is 20.5 Å². The minimum absolute atomic E-state index is 0.104. The molecule has 0 radical (unpaired) electrons. The topological polar surface area (TPSA) is 117 Å². The first-order chi connectivity index (χ1) is 10.2. The van der Waals surface area contributed by atoms with Crippen molar-refractivity contribution < 1.29 is 19.2 Å². The number of nitrogens with two attached hydrogens (primary N) is 1. The van der Waals surface area contributed by atoms with Crippen LogP contribution in [0.15, 0.2) is 18.2 Å². The van der Waals surface area contributed by atoms with Gasteiger partial charge in [-0.25, -0.2) is 4.79 Å². The second kappa shape index (κ2) is 7.08. The largest absolute Gasteiger partial charge is 0.490 e. The fourth-order valence-corrected chi connectivity index (χ4v) is 1.79. The highest BCUT2D eigenvalue weighted by molar-refractivity contribution is 5.68. The maximum absolute atomic E-state index is 11.8. The monoisotopic (exact) mass is 311 g/mol. The van der Waals surface area contributed by atoms with E-state index in [0.717, 1.165) is 0 Å². The minimum atomic E-state index is -0.629. The predicted molar refractivity (Wildman–Crippen MR) is 80.8 cm³/mol. The summed E-state index contributed by atoms with van der Waals surface area (Å²) in [6.45, 7) is 5.36. The molecule has 3 N–H and O–H groups in total. The normalized spacial score (nSPS) is 12.4. The van der Waals surface area contributed by atoms with Gasteiger partial charge in [-0.05, 0) is 38.5 Å². The van der Waals surface area contributed by atoms with Crippen molar-refractivity contribution in [1.29, 1.82) is 0 Å². The van der Waals surface area contributed by atoms with Crippen molar-refractivity contribution >= 4 is 11.8 Å². The van der Waals surface area contributed by atoms with Crippen LogP contribution in [0.3, 0.4) is 0 Å². The summed E-state index contributed by atoms with van der Waals surface area (Å²) < 4.78 is 10.2. The number of alkyl carbamates (subject to hydrolysis) is 1. The average Bonchev–Trinajstić information content (AvgIpc) is 2.41. The molecule has 1 amide bonds. The molecule has 0 saturated heterocycles. The fraction of sp³-hybridized carbons (Fsp3) is 0.500. The van der Waals surface area contributed by atoms with Crippen LogP contribution in [0.4, 0.5) is 10.5 Å². The molecule has 1 aromatic carbocycles. The fourth-order valence-electron chi connectivity index (χ4n) is 1.79. The van der Waals surface area contributed by atoms with E-state index in [9.17, 15) is 14.9 Å². The first kappa shape index (κ1) is 17.7. The standard InChI is InChI=1S/C14H21N3O5/c1-14(2,3)22-13(18)16-10(8-15)9-5-6-11(17(19)20)12(7-9)21-4/h5-7,10H,8,15H2,1-4H3,(H,16,18). The highest BCUT2D eigenvalue weighted by Crippen LogP contribution is 2.29. The summed E-state index contributed by atoms with van der Waals surface area (Å²) >= 11 is 0. The highest BCUT2D eigenvalue weighted by Gasteiger charge is 2.22. The maximum Gasteiger partial charge on any atom is 0.408 e. The number of ether oxygens (including phenoxy) is 2. The Morgan fingerprint density at radius 2 is 2.09 bits per heavy atom. The first-order valence-electron chi connectivity index (χ1n) is 6.70. The number of amides is 1. The Kier molecular flexibility index (Phi) is 5.69. The summed E-state index contributed by atoms with van der Waals surface area (Å²) in [5.41, 5.74) is 5.47. The Hall–Kier alpha value is -2.35. The molecule has 0 aliphatic heterocycles. The van der Waals surface area contributed by atoms with Gasteiger partial charge in [0.05, 0.1) is 18.1 Å². The SMILES string of the molecule is COc1cc(C(CN)NC(=O)OC(C)(C)C)ccc1[N+](=O)[O-]. The third-order valence-corrected chi connectivity index (χ3v) is 2.73. The van der Waals surface area contributed by atoms with Gasteiger partial charge in [-0.2, -0.15) is 0 Å². The van der Waals surface area contributed by atoms with Crippen LogP contribution in [-0.4, -0.2) is 30.3 Å². The van der Waals surface area contributed by atoms with E-state index >= 15 is 0 Å². The van der Waals surface area contributed by atoms with E-state index < -0.39 is 22.7 Å². The molecule has 0 fully saturated rings. The molecule has 0 bridgehead atoms. The van der Waals surface area contributed by atoms with Gasteiger partial charge >= 0.3 is 11.8 Å². The molecule has 0 aliphatic rings. The van der Waals surface area contributed by atoms with Gasteiger partial charge in [0.15, 0.2) is 5.75 Å². The van der Waals surface area contributed by atoms with Crippen LogP contribution < -0.4 is 15.8 Å². The molecule has 22 heavy (non-hydrogen) atoms. The molecule has 122 valence electrons.